The Hall–Kier alpha value is -7.55. The number of nitrogens with zero attached hydrogens (tertiary/aromatic N) is 2. The van der Waals surface area contributed by atoms with Gasteiger partial charge in [0, 0.05) is 5.56 Å². The molecular formula is C56H34N2. The number of para-hydroxylation sites is 2. The van der Waals surface area contributed by atoms with Crippen molar-refractivity contribution in [2.45, 2.75) is 5.41 Å². The summed E-state index contributed by atoms with van der Waals surface area (Å²) in [7, 11) is 0. The minimum Gasteiger partial charge on any atom is -0.294 e. The molecule has 0 fully saturated rings. The average Bonchev–Trinajstić information content (AvgIpc) is 3.93. The summed E-state index contributed by atoms with van der Waals surface area (Å²) in [5.41, 5.74) is 16.5. The largest absolute Gasteiger partial charge is 0.294 e. The minimum absolute atomic E-state index is 0.496. The maximum atomic E-state index is 5.57. The van der Waals surface area contributed by atoms with Crippen LogP contribution in [0.15, 0.2) is 206 Å². The zero-order valence-corrected chi connectivity index (χ0v) is 31.5. The van der Waals surface area contributed by atoms with Crippen molar-refractivity contribution in [3.63, 3.8) is 0 Å². The summed E-state index contributed by atoms with van der Waals surface area (Å²) in [6.45, 7) is 0. The highest BCUT2D eigenvalue weighted by Crippen LogP contribution is 2.60. The lowest BCUT2D eigenvalue weighted by Gasteiger charge is -2.27. The van der Waals surface area contributed by atoms with Crippen molar-refractivity contribution >= 4 is 43.4 Å². The van der Waals surface area contributed by atoms with E-state index in [0.29, 0.717) is 0 Å². The second-order valence-electron chi connectivity index (χ2n) is 15.8. The highest BCUT2D eigenvalue weighted by molar-refractivity contribution is 6.25. The predicted molar refractivity (Wildman–Crippen MR) is 241 cm³/mol. The van der Waals surface area contributed by atoms with Crippen molar-refractivity contribution < 1.29 is 0 Å². The maximum Gasteiger partial charge on any atom is 0.134 e. The first-order valence-corrected chi connectivity index (χ1v) is 20.1. The van der Waals surface area contributed by atoms with Gasteiger partial charge >= 0.3 is 0 Å². The van der Waals surface area contributed by atoms with Crippen LogP contribution in [0.5, 0.6) is 0 Å². The van der Waals surface area contributed by atoms with E-state index in [-0.39, 0.29) is 0 Å². The van der Waals surface area contributed by atoms with Crippen molar-refractivity contribution in [1.82, 2.24) is 9.55 Å². The first-order chi connectivity index (χ1) is 28.8. The van der Waals surface area contributed by atoms with Crippen molar-refractivity contribution in [3.8, 4) is 50.2 Å². The second kappa shape index (κ2) is 11.7. The van der Waals surface area contributed by atoms with Gasteiger partial charge < -0.3 is 0 Å². The third-order valence-corrected chi connectivity index (χ3v) is 13.0. The molecule has 0 atom stereocenters. The Morgan fingerprint density at radius 3 is 1.45 bits per heavy atom. The molecule has 2 heteroatoms. The van der Waals surface area contributed by atoms with Gasteiger partial charge in [-0.15, -0.1) is 0 Å². The van der Waals surface area contributed by atoms with E-state index in [4.69, 9.17) is 4.98 Å². The van der Waals surface area contributed by atoms with Crippen molar-refractivity contribution in [1.29, 1.82) is 0 Å². The first-order valence-electron chi connectivity index (χ1n) is 20.1. The van der Waals surface area contributed by atoms with Gasteiger partial charge in [0.1, 0.15) is 11.2 Å². The maximum absolute atomic E-state index is 5.57. The molecule has 0 unspecified atom stereocenters. The Morgan fingerprint density at radius 1 is 0.328 bits per heavy atom. The zero-order chi connectivity index (χ0) is 38.0. The van der Waals surface area contributed by atoms with E-state index in [1.807, 2.05) is 0 Å². The van der Waals surface area contributed by atoms with Gasteiger partial charge in [0.15, 0.2) is 0 Å². The fourth-order valence-electron chi connectivity index (χ4n) is 10.5. The molecule has 1 spiro atoms. The number of imidazole rings is 1. The lowest BCUT2D eigenvalue weighted by molar-refractivity contribution is 0.738. The van der Waals surface area contributed by atoms with Crippen LogP contribution in [0, 0.1) is 0 Å². The summed E-state index contributed by atoms with van der Waals surface area (Å²) in [4.78, 5) is 5.57. The standard InChI is InChI=1S/C56H34N2/c1-2-20-43-41(18-1)42-19-3-4-21-44(42)48-34-38(30-31-45(43)48)36-15-11-14-35(32-36)37-16-12-17-39(33-37)40-24-13-28-52-54(40)58-53-29-10-9-27-51(53)56(55(58)57-52)49-25-7-5-22-46(49)47-23-6-8-26-50(47)56/h1-34H. The molecule has 2 aliphatic rings. The second-order valence-corrected chi connectivity index (χ2v) is 15.8. The molecule has 58 heavy (non-hydrogen) atoms. The van der Waals surface area contributed by atoms with Crippen LogP contribution < -0.4 is 0 Å². The van der Waals surface area contributed by atoms with Crippen LogP contribution in [0.1, 0.15) is 22.5 Å². The quantitative estimate of drug-likeness (QED) is 0.165. The number of rotatable bonds is 3. The van der Waals surface area contributed by atoms with Crippen LogP contribution >= 0.6 is 0 Å². The van der Waals surface area contributed by atoms with Crippen LogP contribution in [-0.2, 0) is 5.41 Å². The van der Waals surface area contributed by atoms with Gasteiger partial charge in [-0.3, -0.25) is 4.57 Å². The molecule has 2 nitrogen and oxygen atoms in total. The Morgan fingerprint density at radius 2 is 0.793 bits per heavy atom. The number of hydrogen-bond acceptors (Lipinski definition) is 1. The Balaban J connectivity index is 0.965. The topological polar surface area (TPSA) is 17.8 Å². The molecule has 268 valence electrons. The number of fused-ring (bicyclic) bond motifs is 18. The molecule has 0 radical (unpaired) electrons. The van der Waals surface area contributed by atoms with E-state index in [1.54, 1.807) is 0 Å². The third-order valence-electron chi connectivity index (χ3n) is 13.0. The normalized spacial score (nSPS) is 13.3. The third kappa shape index (κ3) is 4.13. The highest BCUT2D eigenvalue weighted by atomic mass is 15.1. The van der Waals surface area contributed by atoms with E-state index >= 15 is 0 Å². The van der Waals surface area contributed by atoms with E-state index in [0.717, 1.165) is 16.9 Å². The molecule has 0 amide bonds. The Bertz CT molecular complexity index is 3450. The predicted octanol–water partition coefficient (Wildman–Crippen LogP) is 14.2. The van der Waals surface area contributed by atoms with E-state index in [9.17, 15) is 0 Å². The van der Waals surface area contributed by atoms with Crippen molar-refractivity contribution in [2.24, 2.45) is 0 Å². The van der Waals surface area contributed by atoms with Gasteiger partial charge in [-0.25, -0.2) is 4.98 Å². The lowest BCUT2D eigenvalue weighted by atomic mass is 9.73. The van der Waals surface area contributed by atoms with Gasteiger partial charge in [0.2, 0.25) is 0 Å². The summed E-state index contributed by atoms with van der Waals surface area (Å²) in [5, 5.41) is 7.75. The monoisotopic (exact) mass is 734 g/mol. The molecule has 0 saturated heterocycles. The summed E-state index contributed by atoms with van der Waals surface area (Å²) in [6, 6.07) is 76.0. The average molecular weight is 735 g/mol. The van der Waals surface area contributed by atoms with Crippen molar-refractivity contribution in [2.75, 3.05) is 0 Å². The lowest BCUT2D eigenvalue weighted by Crippen LogP contribution is -2.27. The van der Waals surface area contributed by atoms with Gasteiger partial charge in [-0.1, -0.05) is 176 Å². The Labute approximate surface area is 335 Å². The number of aromatic nitrogens is 2. The SMILES string of the molecule is c1cc(-c2cccc(-c3cccc4nc5n(c34)-c3ccccc3C53c4ccccc4-c4ccccc43)c2)cc(-c2ccc3c4ccccc4c4ccccc4c3c2)c1. The summed E-state index contributed by atoms with van der Waals surface area (Å²) >= 11 is 0. The smallest absolute Gasteiger partial charge is 0.134 e. The van der Waals surface area contributed by atoms with Gasteiger partial charge in [-0.2, -0.15) is 0 Å². The van der Waals surface area contributed by atoms with Gasteiger partial charge in [-0.05, 0) is 118 Å². The molecule has 1 aromatic heterocycles. The van der Waals surface area contributed by atoms with Crippen LogP contribution in [-0.4, -0.2) is 9.55 Å². The molecule has 0 saturated carbocycles. The summed E-state index contributed by atoms with van der Waals surface area (Å²) < 4.78 is 2.46. The molecular weight excluding hydrogens is 701 g/mol. The molecule has 11 aromatic rings. The summed E-state index contributed by atoms with van der Waals surface area (Å²) in [5.74, 6) is 1.06. The fourth-order valence-corrected chi connectivity index (χ4v) is 10.5. The number of benzene rings is 10. The molecule has 0 N–H and O–H groups in total. The molecule has 2 heterocycles. The van der Waals surface area contributed by atoms with Crippen LogP contribution in [0.3, 0.4) is 0 Å². The van der Waals surface area contributed by atoms with E-state index in [2.05, 4.69) is 211 Å². The zero-order valence-electron chi connectivity index (χ0n) is 31.5. The Kier molecular flexibility index (Phi) is 6.40. The molecule has 0 bridgehead atoms. The van der Waals surface area contributed by atoms with E-state index < -0.39 is 5.41 Å². The molecule has 13 rings (SSSR count). The van der Waals surface area contributed by atoms with E-state index in [1.165, 1.54) is 99.2 Å². The first kappa shape index (κ1) is 31.6. The van der Waals surface area contributed by atoms with Gasteiger partial charge in [0.05, 0.1) is 16.7 Å². The minimum atomic E-state index is -0.496. The van der Waals surface area contributed by atoms with Crippen molar-refractivity contribution in [3.05, 3.63) is 229 Å². The van der Waals surface area contributed by atoms with Crippen LogP contribution in [0.25, 0.3) is 93.5 Å². The van der Waals surface area contributed by atoms with Gasteiger partial charge in [0.25, 0.3) is 0 Å². The summed E-state index contributed by atoms with van der Waals surface area (Å²) in [6.07, 6.45) is 0. The van der Waals surface area contributed by atoms with Crippen LogP contribution in [0.2, 0.25) is 0 Å². The number of hydrogen-bond donors (Lipinski definition) is 0. The molecule has 1 aliphatic carbocycles. The fraction of sp³-hybridized carbons (Fsp3) is 0.0179. The highest BCUT2D eigenvalue weighted by Gasteiger charge is 2.54. The molecule has 1 aliphatic heterocycles. The van der Waals surface area contributed by atoms with Crippen LogP contribution in [0.4, 0.5) is 0 Å². The molecule has 10 aromatic carbocycles.